The van der Waals surface area contributed by atoms with Crippen molar-refractivity contribution in [1.82, 2.24) is 20.1 Å². The number of rotatable bonds is 3. The molecule has 1 aromatic heterocycles. The first-order valence-corrected chi connectivity index (χ1v) is 11.5. The summed E-state index contributed by atoms with van der Waals surface area (Å²) in [5, 5.41) is 3.47. The first kappa shape index (κ1) is 18.5. The van der Waals surface area contributed by atoms with E-state index >= 15 is 0 Å². The Kier molecular flexibility index (Phi) is 5.07. The van der Waals surface area contributed by atoms with Gasteiger partial charge in [-0.05, 0) is 57.0 Å². The summed E-state index contributed by atoms with van der Waals surface area (Å²) in [6, 6.07) is 6.66. The van der Waals surface area contributed by atoms with E-state index in [1.165, 1.54) is 5.56 Å². The molecule has 0 saturated carbocycles. The lowest BCUT2D eigenvalue weighted by Crippen LogP contribution is -2.42. The third kappa shape index (κ3) is 3.55. The van der Waals surface area contributed by atoms with E-state index in [2.05, 4.69) is 29.3 Å². The van der Waals surface area contributed by atoms with Gasteiger partial charge < -0.3 is 14.6 Å². The molecule has 0 aliphatic carbocycles. The summed E-state index contributed by atoms with van der Waals surface area (Å²) in [5.41, 5.74) is 3.08. The van der Waals surface area contributed by atoms with Gasteiger partial charge in [0.1, 0.15) is 5.52 Å². The Bertz CT molecular complexity index is 855. The van der Waals surface area contributed by atoms with E-state index in [9.17, 15) is 4.79 Å². The third-order valence-corrected chi connectivity index (χ3v) is 7.39. The molecular weight excluding hydrogens is 372 g/mol. The van der Waals surface area contributed by atoms with Crippen LogP contribution in [0.4, 0.5) is 0 Å². The number of fused-ring (bicyclic) bond motifs is 1. The summed E-state index contributed by atoms with van der Waals surface area (Å²) in [5.74, 6) is 3.52. The summed E-state index contributed by atoms with van der Waals surface area (Å²) in [4.78, 5) is 21.9. The summed E-state index contributed by atoms with van der Waals surface area (Å²) >= 11 is 1.85. The van der Waals surface area contributed by atoms with Crippen molar-refractivity contribution in [2.45, 2.75) is 44.2 Å². The molecule has 0 unspecified atom stereocenters. The molecule has 28 heavy (non-hydrogen) atoms. The summed E-state index contributed by atoms with van der Waals surface area (Å²) in [6.45, 7) is 6.01. The Morgan fingerprint density at radius 3 is 2.93 bits per heavy atom. The maximum Gasteiger partial charge on any atom is 0.240 e. The minimum Gasteiger partial charge on any atom is -0.440 e. The van der Waals surface area contributed by atoms with Crippen LogP contribution in [-0.4, -0.2) is 70.6 Å². The van der Waals surface area contributed by atoms with Crippen LogP contribution in [0.1, 0.15) is 36.6 Å². The molecule has 3 fully saturated rings. The Hall–Kier alpha value is -1.57. The molecule has 0 radical (unpaired) electrons. The van der Waals surface area contributed by atoms with Crippen molar-refractivity contribution >= 4 is 28.8 Å². The normalized spacial score (nSPS) is 27.1. The molecule has 3 aliphatic rings. The zero-order chi connectivity index (χ0) is 19.1. The van der Waals surface area contributed by atoms with Crippen LogP contribution >= 0.6 is 11.8 Å². The summed E-state index contributed by atoms with van der Waals surface area (Å²) in [6.07, 6.45) is 3.08. The average Bonchev–Trinajstić information content (AvgIpc) is 3.47. The van der Waals surface area contributed by atoms with Crippen LogP contribution in [0.25, 0.3) is 11.1 Å². The molecule has 6 nitrogen and oxygen atoms in total. The van der Waals surface area contributed by atoms with Crippen molar-refractivity contribution in [1.29, 1.82) is 0 Å². The predicted molar refractivity (Wildman–Crippen MR) is 112 cm³/mol. The first-order valence-electron chi connectivity index (χ1n) is 10.4. The lowest BCUT2D eigenvalue weighted by molar-refractivity contribution is -0.131. The lowest BCUT2D eigenvalue weighted by Gasteiger charge is -2.34. The van der Waals surface area contributed by atoms with Crippen molar-refractivity contribution in [3.8, 4) is 0 Å². The highest BCUT2D eigenvalue weighted by Gasteiger charge is 2.37. The van der Waals surface area contributed by atoms with Gasteiger partial charge in [-0.1, -0.05) is 6.07 Å². The van der Waals surface area contributed by atoms with Gasteiger partial charge in [0.05, 0.1) is 11.9 Å². The van der Waals surface area contributed by atoms with Gasteiger partial charge in [0.25, 0.3) is 0 Å². The van der Waals surface area contributed by atoms with Crippen molar-refractivity contribution in [2.24, 2.45) is 0 Å². The number of piperidine rings is 1. The van der Waals surface area contributed by atoms with Gasteiger partial charge in [-0.2, -0.15) is 0 Å². The number of likely N-dealkylation sites (tertiary alicyclic amines) is 1. The predicted octanol–water partition coefficient (Wildman–Crippen LogP) is 2.58. The molecule has 0 bridgehead atoms. The van der Waals surface area contributed by atoms with E-state index in [-0.39, 0.29) is 6.04 Å². The topological polar surface area (TPSA) is 61.6 Å². The number of aromatic nitrogens is 1. The Morgan fingerprint density at radius 1 is 1.29 bits per heavy atom. The second kappa shape index (κ2) is 7.69. The summed E-state index contributed by atoms with van der Waals surface area (Å²) < 4.78 is 6.03. The molecule has 2 atom stereocenters. The van der Waals surface area contributed by atoms with Gasteiger partial charge in [-0.25, -0.2) is 4.98 Å². The van der Waals surface area contributed by atoms with Gasteiger partial charge in [-0.3, -0.25) is 9.69 Å². The van der Waals surface area contributed by atoms with Crippen molar-refractivity contribution < 1.29 is 9.21 Å². The Balaban J connectivity index is 1.17. The van der Waals surface area contributed by atoms with Gasteiger partial charge in [0.15, 0.2) is 11.5 Å². The maximum atomic E-state index is 12.6. The number of carbonyl (C=O) groups excluding carboxylic acids is 1. The number of aryl methyl sites for hydroxylation is 1. The maximum absolute atomic E-state index is 12.6. The second-order valence-corrected chi connectivity index (χ2v) is 9.40. The molecule has 2 aromatic rings. The van der Waals surface area contributed by atoms with Crippen molar-refractivity contribution in [3.05, 3.63) is 29.7 Å². The third-order valence-electron chi connectivity index (χ3n) is 6.42. The van der Waals surface area contributed by atoms with E-state index < -0.39 is 0 Å². The molecule has 4 heterocycles. The number of benzene rings is 1. The molecule has 150 valence electrons. The van der Waals surface area contributed by atoms with Gasteiger partial charge >= 0.3 is 0 Å². The number of thioether (sulfide) groups is 1. The van der Waals surface area contributed by atoms with Crippen LogP contribution in [0.5, 0.6) is 0 Å². The second-order valence-electron chi connectivity index (χ2n) is 8.32. The van der Waals surface area contributed by atoms with Crippen molar-refractivity contribution in [2.75, 3.05) is 37.8 Å². The zero-order valence-corrected chi connectivity index (χ0v) is 17.2. The molecule has 1 aromatic carbocycles. The van der Waals surface area contributed by atoms with E-state index in [1.807, 2.05) is 22.7 Å². The van der Waals surface area contributed by atoms with Crippen LogP contribution in [0.2, 0.25) is 0 Å². The fourth-order valence-corrected chi connectivity index (χ4v) is 5.69. The number of nitrogens with one attached hydrogen (secondary N) is 1. The SMILES string of the molecule is Cc1ccc2oc(C3CCN([C@@H]4CN[C@H](C(=O)N5CCSC5)C4)CC3)nc2c1. The highest BCUT2D eigenvalue weighted by molar-refractivity contribution is 7.99. The zero-order valence-electron chi connectivity index (χ0n) is 16.4. The largest absolute Gasteiger partial charge is 0.440 e. The molecule has 0 spiro atoms. The average molecular weight is 401 g/mol. The first-order chi connectivity index (χ1) is 13.7. The number of carbonyl (C=O) groups is 1. The Morgan fingerprint density at radius 2 is 2.14 bits per heavy atom. The fraction of sp³-hybridized carbons (Fsp3) is 0.619. The minimum absolute atomic E-state index is 0.00158. The number of hydrogen-bond donors (Lipinski definition) is 1. The molecule has 7 heteroatoms. The lowest BCUT2D eigenvalue weighted by atomic mass is 9.95. The van der Waals surface area contributed by atoms with Crippen LogP contribution in [0, 0.1) is 6.92 Å². The van der Waals surface area contributed by atoms with Crippen molar-refractivity contribution in [3.63, 3.8) is 0 Å². The van der Waals surface area contributed by atoms with Crippen LogP contribution < -0.4 is 5.32 Å². The standard InChI is InChI=1S/C21H28N4O2S/c1-14-2-3-19-17(10-14)23-20(27-19)15-4-6-24(7-5-15)16-11-18(22-12-16)21(26)25-8-9-28-13-25/h2-3,10,15-16,18,22H,4-9,11-13H2,1H3/t16-,18-/m0/s1. The smallest absolute Gasteiger partial charge is 0.240 e. The molecule has 3 saturated heterocycles. The van der Waals surface area contributed by atoms with Gasteiger partial charge in [0, 0.05) is 30.8 Å². The summed E-state index contributed by atoms with van der Waals surface area (Å²) in [7, 11) is 0. The van der Waals surface area contributed by atoms with Crippen LogP contribution in [0.15, 0.2) is 22.6 Å². The van der Waals surface area contributed by atoms with Gasteiger partial charge in [0.2, 0.25) is 5.91 Å². The monoisotopic (exact) mass is 400 g/mol. The van der Waals surface area contributed by atoms with E-state index in [4.69, 9.17) is 9.40 Å². The highest BCUT2D eigenvalue weighted by atomic mass is 32.2. The van der Waals surface area contributed by atoms with E-state index in [0.29, 0.717) is 17.9 Å². The number of nitrogens with zero attached hydrogens (tertiary/aromatic N) is 3. The molecule has 1 N–H and O–H groups in total. The van der Waals surface area contributed by atoms with E-state index in [1.54, 1.807) is 0 Å². The molecule has 1 amide bonds. The number of amides is 1. The van der Waals surface area contributed by atoms with Crippen LogP contribution in [0.3, 0.4) is 0 Å². The van der Waals surface area contributed by atoms with Crippen LogP contribution in [-0.2, 0) is 4.79 Å². The van der Waals surface area contributed by atoms with E-state index in [0.717, 1.165) is 74.1 Å². The molecule has 5 rings (SSSR count). The minimum atomic E-state index is 0.00158. The fourth-order valence-electron chi connectivity index (χ4n) is 4.73. The number of oxazole rings is 1. The molecular formula is C21H28N4O2S. The highest BCUT2D eigenvalue weighted by Crippen LogP contribution is 2.32. The number of hydrogen-bond acceptors (Lipinski definition) is 6. The quantitative estimate of drug-likeness (QED) is 0.855. The van der Waals surface area contributed by atoms with Gasteiger partial charge in [-0.15, -0.1) is 11.8 Å². The Labute approximate surface area is 170 Å². The molecule has 3 aliphatic heterocycles.